The van der Waals surface area contributed by atoms with Gasteiger partial charge in [0.25, 0.3) is 0 Å². The van der Waals surface area contributed by atoms with Crippen molar-refractivity contribution in [2.24, 2.45) is 5.92 Å². The highest BCUT2D eigenvalue weighted by Gasteiger charge is 2.22. The lowest BCUT2D eigenvalue weighted by molar-refractivity contribution is 0.0278. The third-order valence-corrected chi connectivity index (χ3v) is 4.33. The van der Waals surface area contributed by atoms with Crippen molar-refractivity contribution in [2.75, 3.05) is 26.4 Å². The van der Waals surface area contributed by atoms with Gasteiger partial charge in [-0.05, 0) is 30.7 Å². The summed E-state index contributed by atoms with van der Waals surface area (Å²) in [6, 6.07) is 4.43. The van der Waals surface area contributed by atoms with Gasteiger partial charge in [-0.1, -0.05) is 6.07 Å². The molecule has 1 fully saturated rings. The Labute approximate surface area is 118 Å². The van der Waals surface area contributed by atoms with Gasteiger partial charge < -0.3 is 19.9 Å². The Morgan fingerprint density at radius 1 is 1.63 bits per heavy atom. The van der Waals surface area contributed by atoms with Crippen LogP contribution in [0.4, 0.5) is 0 Å². The average molecular weight is 285 g/mol. The molecule has 0 amide bonds. The molecule has 2 rings (SSSR count). The van der Waals surface area contributed by atoms with Crippen LogP contribution >= 0.6 is 11.3 Å². The first-order valence-corrected chi connectivity index (χ1v) is 7.73. The lowest BCUT2D eigenvalue weighted by atomic mass is 10.0. The van der Waals surface area contributed by atoms with Gasteiger partial charge >= 0.3 is 0 Å². The maximum atomic E-state index is 9.85. The molecule has 0 spiro atoms. The zero-order valence-electron chi connectivity index (χ0n) is 11.4. The molecule has 1 aliphatic heterocycles. The van der Waals surface area contributed by atoms with Crippen LogP contribution in [0.2, 0.25) is 0 Å². The zero-order chi connectivity index (χ0) is 13.5. The van der Waals surface area contributed by atoms with E-state index in [0.29, 0.717) is 31.7 Å². The largest absolute Gasteiger partial charge is 0.389 e. The van der Waals surface area contributed by atoms with Crippen molar-refractivity contribution in [3.8, 4) is 0 Å². The SMILES string of the molecule is CC(NCC(O)COCc1cccs1)C1CCOC1. The van der Waals surface area contributed by atoms with Gasteiger partial charge in [0.1, 0.15) is 0 Å². The van der Waals surface area contributed by atoms with Gasteiger partial charge in [0.15, 0.2) is 0 Å². The summed E-state index contributed by atoms with van der Waals surface area (Å²) in [7, 11) is 0. The van der Waals surface area contributed by atoms with Crippen LogP contribution < -0.4 is 5.32 Å². The van der Waals surface area contributed by atoms with E-state index < -0.39 is 6.10 Å². The average Bonchev–Trinajstić information content (AvgIpc) is 3.08. The topological polar surface area (TPSA) is 50.7 Å². The molecule has 0 saturated carbocycles. The molecule has 0 aromatic carbocycles. The van der Waals surface area contributed by atoms with Gasteiger partial charge in [-0.2, -0.15) is 0 Å². The summed E-state index contributed by atoms with van der Waals surface area (Å²) in [6.45, 7) is 5.38. The van der Waals surface area contributed by atoms with Crippen LogP contribution in [0, 0.1) is 5.92 Å². The fourth-order valence-corrected chi connectivity index (χ4v) is 2.83. The van der Waals surface area contributed by atoms with Crippen molar-refractivity contribution >= 4 is 11.3 Å². The minimum Gasteiger partial charge on any atom is -0.389 e. The van der Waals surface area contributed by atoms with Gasteiger partial charge in [-0.25, -0.2) is 0 Å². The third-order valence-electron chi connectivity index (χ3n) is 3.48. The standard InChI is InChI=1S/C14H23NO3S/c1-11(12-4-5-17-8-12)15-7-13(16)9-18-10-14-3-2-6-19-14/h2-3,6,11-13,15-16H,4-5,7-10H2,1H3. The highest BCUT2D eigenvalue weighted by Crippen LogP contribution is 2.16. The molecule has 0 radical (unpaired) electrons. The summed E-state index contributed by atoms with van der Waals surface area (Å²) < 4.78 is 10.9. The first-order valence-electron chi connectivity index (χ1n) is 6.85. The second kappa shape index (κ2) is 7.97. The summed E-state index contributed by atoms with van der Waals surface area (Å²) in [5, 5.41) is 15.2. The van der Waals surface area contributed by atoms with E-state index in [4.69, 9.17) is 9.47 Å². The monoisotopic (exact) mass is 285 g/mol. The minimum atomic E-state index is -0.454. The number of rotatable bonds is 8. The summed E-state index contributed by atoms with van der Waals surface area (Å²) in [6.07, 6.45) is 0.656. The fraction of sp³-hybridized carbons (Fsp3) is 0.714. The van der Waals surface area contributed by atoms with Gasteiger partial charge in [0.2, 0.25) is 0 Å². The second-order valence-electron chi connectivity index (χ2n) is 5.07. The Balaban J connectivity index is 1.55. The molecule has 5 heteroatoms. The van der Waals surface area contributed by atoms with E-state index in [-0.39, 0.29) is 0 Å². The van der Waals surface area contributed by atoms with E-state index in [1.54, 1.807) is 11.3 Å². The second-order valence-corrected chi connectivity index (χ2v) is 6.10. The molecule has 2 heterocycles. The normalized spacial score (nSPS) is 22.5. The van der Waals surface area contributed by atoms with E-state index >= 15 is 0 Å². The lowest BCUT2D eigenvalue weighted by Crippen LogP contribution is -2.40. The van der Waals surface area contributed by atoms with Crippen LogP contribution in [-0.2, 0) is 16.1 Å². The van der Waals surface area contributed by atoms with E-state index in [9.17, 15) is 5.11 Å². The number of aliphatic hydroxyl groups excluding tert-OH is 1. The number of thiophene rings is 1. The molecule has 2 N–H and O–H groups in total. The number of hydrogen-bond acceptors (Lipinski definition) is 5. The molecule has 0 bridgehead atoms. The fourth-order valence-electron chi connectivity index (χ4n) is 2.18. The van der Waals surface area contributed by atoms with E-state index in [2.05, 4.69) is 12.2 Å². The zero-order valence-corrected chi connectivity index (χ0v) is 12.2. The molecule has 3 unspecified atom stereocenters. The Morgan fingerprint density at radius 2 is 2.53 bits per heavy atom. The highest BCUT2D eigenvalue weighted by atomic mass is 32.1. The molecular formula is C14H23NO3S. The molecule has 4 nitrogen and oxygen atoms in total. The van der Waals surface area contributed by atoms with Gasteiger partial charge in [-0.3, -0.25) is 0 Å². The maximum Gasteiger partial charge on any atom is 0.0897 e. The molecule has 3 atom stereocenters. The van der Waals surface area contributed by atoms with E-state index in [1.165, 1.54) is 4.88 Å². The van der Waals surface area contributed by atoms with Crippen molar-refractivity contribution in [1.29, 1.82) is 0 Å². The molecule has 108 valence electrons. The molecule has 1 saturated heterocycles. The van der Waals surface area contributed by atoms with Crippen LogP contribution in [0.15, 0.2) is 17.5 Å². The number of aliphatic hydroxyl groups is 1. The van der Waals surface area contributed by atoms with Crippen molar-refractivity contribution in [3.05, 3.63) is 22.4 Å². The van der Waals surface area contributed by atoms with Crippen molar-refractivity contribution < 1.29 is 14.6 Å². The molecule has 0 aliphatic carbocycles. The minimum absolute atomic E-state index is 0.374. The first-order chi connectivity index (χ1) is 9.25. The summed E-state index contributed by atoms with van der Waals surface area (Å²) >= 11 is 1.67. The van der Waals surface area contributed by atoms with Gasteiger partial charge in [-0.15, -0.1) is 11.3 Å². The molecule has 1 aromatic rings. The Kier molecular flexibility index (Phi) is 6.26. The summed E-state index contributed by atoms with van der Waals surface area (Å²) in [4.78, 5) is 1.19. The predicted molar refractivity (Wildman–Crippen MR) is 76.4 cm³/mol. The molecule has 1 aromatic heterocycles. The quantitative estimate of drug-likeness (QED) is 0.762. The number of hydrogen-bond donors (Lipinski definition) is 2. The van der Waals surface area contributed by atoms with Crippen LogP contribution in [0.1, 0.15) is 18.2 Å². The highest BCUT2D eigenvalue weighted by molar-refractivity contribution is 7.09. The van der Waals surface area contributed by atoms with Crippen LogP contribution in [0.5, 0.6) is 0 Å². The lowest BCUT2D eigenvalue weighted by Gasteiger charge is -2.21. The summed E-state index contributed by atoms with van der Waals surface area (Å²) in [5.41, 5.74) is 0. The molecular weight excluding hydrogens is 262 g/mol. The van der Waals surface area contributed by atoms with E-state index in [0.717, 1.165) is 19.6 Å². The molecule has 1 aliphatic rings. The number of ether oxygens (including phenoxy) is 2. The van der Waals surface area contributed by atoms with E-state index in [1.807, 2.05) is 17.5 Å². The van der Waals surface area contributed by atoms with Crippen molar-refractivity contribution in [1.82, 2.24) is 5.32 Å². The first kappa shape index (κ1) is 14.9. The predicted octanol–water partition coefficient (Wildman–Crippen LogP) is 1.64. The van der Waals surface area contributed by atoms with Crippen molar-refractivity contribution in [2.45, 2.75) is 32.1 Å². The Bertz CT molecular complexity index is 338. The Morgan fingerprint density at radius 3 is 3.21 bits per heavy atom. The van der Waals surface area contributed by atoms with Gasteiger partial charge in [0.05, 0.1) is 25.9 Å². The Hall–Kier alpha value is -0.460. The molecule has 19 heavy (non-hydrogen) atoms. The van der Waals surface area contributed by atoms with Crippen LogP contribution in [0.3, 0.4) is 0 Å². The smallest absolute Gasteiger partial charge is 0.0897 e. The van der Waals surface area contributed by atoms with Crippen molar-refractivity contribution in [3.63, 3.8) is 0 Å². The van der Waals surface area contributed by atoms with Gasteiger partial charge in [0, 0.05) is 24.1 Å². The summed E-state index contributed by atoms with van der Waals surface area (Å²) in [5.74, 6) is 0.569. The van der Waals surface area contributed by atoms with Crippen LogP contribution in [0.25, 0.3) is 0 Å². The third kappa shape index (κ3) is 5.20. The maximum absolute atomic E-state index is 9.85. The van der Waals surface area contributed by atoms with Crippen LogP contribution in [-0.4, -0.2) is 43.6 Å². The number of nitrogens with one attached hydrogen (secondary N) is 1.